The SMILES string of the molecule is CN(C(=O)OC(C)(C)C)[C@H]1CC[C@@H](c2ccc(Cl)c(Cl)c2)c2ccc(N)c(I)c21. The lowest BCUT2D eigenvalue weighted by Crippen LogP contribution is -2.38. The van der Waals surface area contributed by atoms with Crippen LogP contribution in [0.2, 0.25) is 10.0 Å². The molecule has 1 amide bonds. The Morgan fingerprint density at radius 3 is 2.48 bits per heavy atom. The topological polar surface area (TPSA) is 55.6 Å². The molecule has 0 fully saturated rings. The van der Waals surface area contributed by atoms with Gasteiger partial charge in [0.25, 0.3) is 0 Å². The van der Waals surface area contributed by atoms with Gasteiger partial charge in [0.2, 0.25) is 0 Å². The first-order valence-electron chi connectivity index (χ1n) is 9.48. The number of ether oxygens (including phenoxy) is 1. The van der Waals surface area contributed by atoms with Gasteiger partial charge in [0.15, 0.2) is 0 Å². The molecular formula is C22H25Cl2IN2O2. The van der Waals surface area contributed by atoms with E-state index in [-0.39, 0.29) is 18.1 Å². The largest absolute Gasteiger partial charge is 0.444 e. The summed E-state index contributed by atoms with van der Waals surface area (Å²) in [5.41, 5.74) is 9.75. The first-order chi connectivity index (χ1) is 13.5. The molecule has 29 heavy (non-hydrogen) atoms. The molecule has 7 heteroatoms. The van der Waals surface area contributed by atoms with Crippen LogP contribution in [0.5, 0.6) is 0 Å². The summed E-state index contributed by atoms with van der Waals surface area (Å²) >= 11 is 14.7. The molecule has 0 spiro atoms. The van der Waals surface area contributed by atoms with Crippen molar-refractivity contribution in [1.29, 1.82) is 0 Å². The van der Waals surface area contributed by atoms with Crippen molar-refractivity contribution in [2.75, 3.05) is 12.8 Å². The second-order valence-corrected chi connectivity index (χ2v) is 10.3. The molecule has 0 radical (unpaired) electrons. The third-order valence-corrected chi connectivity index (χ3v) is 7.12. The lowest BCUT2D eigenvalue weighted by atomic mass is 9.76. The molecule has 0 bridgehead atoms. The van der Waals surface area contributed by atoms with Gasteiger partial charge in [-0.05, 0) is 91.1 Å². The average Bonchev–Trinajstić information content (AvgIpc) is 2.64. The van der Waals surface area contributed by atoms with Crippen LogP contribution in [-0.4, -0.2) is 23.6 Å². The highest BCUT2D eigenvalue weighted by atomic mass is 127. The van der Waals surface area contributed by atoms with E-state index >= 15 is 0 Å². The predicted octanol–water partition coefficient (Wildman–Crippen LogP) is 7.01. The van der Waals surface area contributed by atoms with Crippen LogP contribution in [0.1, 0.15) is 62.3 Å². The fourth-order valence-corrected chi connectivity index (χ4v) is 4.97. The van der Waals surface area contributed by atoms with Gasteiger partial charge >= 0.3 is 6.09 Å². The van der Waals surface area contributed by atoms with E-state index in [1.54, 1.807) is 11.9 Å². The summed E-state index contributed by atoms with van der Waals surface area (Å²) in [5, 5.41) is 1.09. The number of benzene rings is 2. The summed E-state index contributed by atoms with van der Waals surface area (Å²) in [4.78, 5) is 14.4. The molecule has 156 valence electrons. The van der Waals surface area contributed by atoms with Crippen molar-refractivity contribution in [3.8, 4) is 0 Å². The Labute approximate surface area is 195 Å². The molecule has 0 aliphatic heterocycles. The summed E-state index contributed by atoms with van der Waals surface area (Å²) in [6.07, 6.45) is 1.34. The first-order valence-corrected chi connectivity index (χ1v) is 11.3. The second-order valence-electron chi connectivity index (χ2n) is 8.38. The Balaban J connectivity index is 2.04. The molecular weight excluding hydrogens is 522 g/mol. The second kappa shape index (κ2) is 8.52. The number of hydrogen-bond donors (Lipinski definition) is 1. The Morgan fingerprint density at radius 2 is 1.86 bits per heavy atom. The van der Waals surface area contributed by atoms with Crippen molar-refractivity contribution < 1.29 is 9.53 Å². The fourth-order valence-electron chi connectivity index (χ4n) is 3.82. The van der Waals surface area contributed by atoms with Gasteiger partial charge in [0.05, 0.1) is 16.1 Å². The Hall–Kier alpha value is -1.18. The lowest BCUT2D eigenvalue weighted by Gasteiger charge is -2.38. The highest BCUT2D eigenvalue weighted by Gasteiger charge is 2.36. The lowest BCUT2D eigenvalue weighted by molar-refractivity contribution is 0.0202. The number of fused-ring (bicyclic) bond motifs is 1. The van der Waals surface area contributed by atoms with Gasteiger partial charge < -0.3 is 15.4 Å². The van der Waals surface area contributed by atoms with Gasteiger partial charge in [-0.25, -0.2) is 4.79 Å². The number of amides is 1. The number of anilines is 1. The number of hydrogen-bond acceptors (Lipinski definition) is 3. The Kier molecular flexibility index (Phi) is 6.61. The van der Waals surface area contributed by atoms with E-state index in [4.69, 9.17) is 33.7 Å². The molecule has 0 unspecified atom stereocenters. The van der Waals surface area contributed by atoms with E-state index in [1.165, 1.54) is 0 Å². The fraction of sp³-hybridized carbons (Fsp3) is 0.409. The number of carbonyl (C=O) groups is 1. The van der Waals surface area contributed by atoms with Crippen molar-refractivity contribution in [2.45, 2.75) is 51.2 Å². The van der Waals surface area contributed by atoms with Crippen LogP contribution >= 0.6 is 45.8 Å². The minimum absolute atomic E-state index is 0.103. The molecule has 0 heterocycles. The maximum atomic E-state index is 12.7. The molecule has 1 aliphatic rings. The molecule has 0 aromatic heterocycles. The molecule has 0 saturated carbocycles. The van der Waals surface area contributed by atoms with Crippen molar-refractivity contribution in [3.05, 3.63) is 60.6 Å². The van der Waals surface area contributed by atoms with Crippen molar-refractivity contribution in [3.63, 3.8) is 0 Å². The normalized spacial score (nSPS) is 18.9. The van der Waals surface area contributed by atoms with E-state index in [0.29, 0.717) is 15.7 Å². The quantitative estimate of drug-likeness (QED) is 0.325. The zero-order chi connectivity index (χ0) is 21.5. The first kappa shape index (κ1) is 22.5. The minimum atomic E-state index is -0.547. The summed E-state index contributed by atoms with van der Waals surface area (Å²) in [7, 11) is 1.79. The summed E-state index contributed by atoms with van der Waals surface area (Å²) in [6, 6.07) is 9.67. The van der Waals surface area contributed by atoms with Gasteiger partial charge in [-0.15, -0.1) is 0 Å². The zero-order valence-corrected chi connectivity index (χ0v) is 20.6. The third-order valence-electron chi connectivity index (χ3n) is 5.18. The average molecular weight is 547 g/mol. The maximum Gasteiger partial charge on any atom is 0.410 e. The number of nitrogen functional groups attached to an aromatic ring is 1. The molecule has 2 N–H and O–H groups in total. The van der Waals surface area contributed by atoms with Crippen LogP contribution in [0.15, 0.2) is 30.3 Å². The minimum Gasteiger partial charge on any atom is -0.444 e. The van der Waals surface area contributed by atoms with Crippen molar-refractivity contribution >= 4 is 57.6 Å². The highest BCUT2D eigenvalue weighted by molar-refractivity contribution is 14.1. The number of nitrogens with zero attached hydrogens (tertiary/aromatic N) is 1. The van der Waals surface area contributed by atoms with E-state index in [0.717, 1.165) is 33.1 Å². The van der Waals surface area contributed by atoms with E-state index < -0.39 is 5.60 Å². The van der Waals surface area contributed by atoms with E-state index in [9.17, 15) is 4.79 Å². The number of halogens is 3. The van der Waals surface area contributed by atoms with Crippen LogP contribution in [0.3, 0.4) is 0 Å². The standard InChI is InChI=1S/C22H25Cl2IN2O2/c1-22(2,3)29-21(28)27(4)18-10-7-13(12-5-8-15(23)16(24)11-12)14-6-9-17(26)20(25)19(14)18/h5-6,8-9,11,13,18H,7,10,26H2,1-4H3/t13-,18-/m0/s1. The number of rotatable bonds is 2. The maximum absolute atomic E-state index is 12.7. The smallest absolute Gasteiger partial charge is 0.410 e. The predicted molar refractivity (Wildman–Crippen MR) is 128 cm³/mol. The van der Waals surface area contributed by atoms with Crippen LogP contribution < -0.4 is 5.73 Å². The summed E-state index contributed by atoms with van der Waals surface area (Å²) in [5.74, 6) is 0.164. The molecule has 3 rings (SSSR count). The third kappa shape index (κ3) is 4.78. The Morgan fingerprint density at radius 1 is 1.17 bits per heavy atom. The van der Waals surface area contributed by atoms with Gasteiger partial charge in [0.1, 0.15) is 5.60 Å². The van der Waals surface area contributed by atoms with Crippen LogP contribution in [-0.2, 0) is 4.74 Å². The molecule has 0 saturated heterocycles. The van der Waals surface area contributed by atoms with Crippen LogP contribution in [0.25, 0.3) is 0 Å². The number of nitrogens with two attached hydrogens (primary N) is 1. The van der Waals surface area contributed by atoms with Gasteiger partial charge in [-0.2, -0.15) is 0 Å². The van der Waals surface area contributed by atoms with Gasteiger partial charge in [-0.1, -0.05) is 35.3 Å². The van der Waals surface area contributed by atoms with Crippen LogP contribution in [0.4, 0.5) is 10.5 Å². The summed E-state index contributed by atoms with van der Waals surface area (Å²) < 4.78 is 6.58. The van der Waals surface area contributed by atoms with Gasteiger partial charge in [0, 0.05) is 22.2 Å². The van der Waals surface area contributed by atoms with Crippen molar-refractivity contribution in [1.82, 2.24) is 4.90 Å². The molecule has 2 aromatic carbocycles. The zero-order valence-electron chi connectivity index (χ0n) is 16.9. The number of carbonyl (C=O) groups excluding carboxylic acids is 1. The van der Waals surface area contributed by atoms with Crippen molar-refractivity contribution in [2.24, 2.45) is 0 Å². The molecule has 2 atom stereocenters. The Bertz CT molecular complexity index is 943. The van der Waals surface area contributed by atoms with E-state index in [2.05, 4.69) is 28.7 Å². The molecule has 1 aliphatic carbocycles. The van der Waals surface area contributed by atoms with E-state index in [1.807, 2.05) is 45.0 Å². The monoisotopic (exact) mass is 546 g/mol. The summed E-state index contributed by atoms with van der Waals surface area (Å²) in [6.45, 7) is 5.61. The van der Waals surface area contributed by atoms with Crippen LogP contribution in [0, 0.1) is 3.57 Å². The highest BCUT2D eigenvalue weighted by Crippen LogP contribution is 2.47. The van der Waals surface area contributed by atoms with Gasteiger partial charge in [-0.3, -0.25) is 0 Å². The molecule has 4 nitrogen and oxygen atoms in total. The molecule has 2 aromatic rings.